The fourth-order valence-corrected chi connectivity index (χ4v) is 1.78. The summed E-state index contributed by atoms with van der Waals surface area (Å²) >= 11 is 0. The Balaban J connectivity index is 4.62. The summed E-state index contributed by atoms with van der Waals surface area (Å²) in [5.41, 5.74) is 0. The van der Waals surface area contributed by atoms with Crippen LogP contribution >= 0.6 is 0 Å². The fourth-order valence-electron chi connectivity index (χ4n) is 1.78. The van der Waals surface area contributed by atoms with Crippen molar-refractivity contribution in [3.63, 3.8) is 0 Å². The normalized spacial score (nSPS) is 13.5. The van der Waals surface area contributed by atoms with Gasteiger partial charge in [0.2, 0.25) is 5.91 Å². The summed E-state index contributed by atoms with van der Waals surface area (Å²) in [6, 6.07) is 0. The molecule has 0 aliphatic heterocycles. The molecule has 1 amide bonds. The Labute approximate surface area is 101 Å². The highest BCUT2D eigenvalue weighted by molar-refractivity contribution is 5.79. The van der Waals surface area contributed by atoms with Crippen LogP contribution in [0.25, 0.3) is 0 Å². The quantitative estimate of drug-likeness (QED) is 0.635. The minimum absolute atomic E-state index is 0.0906. The number of carbonyl (C=O) groups excluding carboxylic acids is 1. The molecule has 0 saturated carbocycles. The standard InChI is InChI=1S/C12H22F3NO/c1-4-7-8-9-10(12(13,14)15)11(17)16(5-2)6-3/h10H,4-9H2,1-3H3. The molecule has 0 aromatic heterocycles. The lowest BCUT2D eigenvalue weighted by molar-refractivity contribution is -0.190. The number of amides is 1. The second kappa shape index (κ2) is 7.56. The molecule has 17 heavy (non-hydrogen) atoms. The van der Waals surface area contributed by atoms with E-state index in [9.17, 15) is 18.0 Å². The molecule has 0 radical (unpaired) electrons. The molecule has 102 valence electrons. The largest absolute Gasteiger partial charge is 0.400 e. The number of unbranched alkanes of at least 4 members (excludes halogenated alkanes) is 2. The minimum Gasteiger partial charge on any atom is -0.343 e. The van der Waals surface area contributed by atoms with Crippen LogP contribution in [0, 0.1) is 5.92 Å². The third kappa shape index (κ3) is 5.41. The first-order chi connectivity index (χ1) is 7.88. The molecule has 0 saturated heterocycles. The maximum absolute atomic E-state index is 12.8. The molecule has 0 aromatic rings. The monoisotopic (exact) mass is 253 g/mol. The van der Waals surface area contributed by atoms with E-state index in [1.54, 1.807) is 13.8 Å². The minimum atomic E-state index is -4.42. The molecule has 0 heterocycles. The van der Waals surface area contributed by atoms with Crippen LogP contribution in [0.3, 0.4) is 0 Å². The van der Waals surface area contributed by atoms with Crippen molar-refractivity contribution in [2.24, 2.45) is 5.92 Å². The molecule has 0 rings (SSSR count). The first kappa shape index (κ1) is 16.3. The van der Waals surface area contributed by atoms with Crippen molar-refractivity contribution in [3.05, 3.63) is 0 Å². The average molecular weight is 253 g/mol. The molecule has 0 aromatic carbocycles. The Morgan fingerprint density at radius 1 is 1.12 bits per heavy atom. The summed E-state index contributed by atoms with van der Waals surface area (Å²) in [4.78, 5) is 13.0. The summed E-state index contributed by atoms with van der Waals surface area (Å²) in [6.45, 7) is 5.97. The lowest BCUT2D eigenvalue weighted by Crippen LogP contribution is -2.42. The second-order valence-corrected chi connectivity index (χ2v) is 4.10. The van der Waals surface area contributed by atoms with Gasteiger partial charge in [-0.05, 0) is 20.3 Å². The van der Waals surface area contributed by atoms with Crippen molar-refractivity contribution in [2.75, 3.05) is 13.1 Å². The van der Waals surface area contributed by atoms with Gasteiger partial charge in [-0.25, -0.2) is 0 Å². The molecular weight excluding hydrogens is 231 g/mol. The smallest absolute Gasteiger partial charge is 0.343 e. The van der Waals surface area contributed by atoms with E-state index in [1.807, 2.05) is 6.92 Å². The van der Waals surface area contributed by atoms with Gasteiger partial charge in [-0.1, -0.05) is 26.2 Å². The highest BCUT2D eigenvalue weighted by Gasteiger charge is 2.45. The second-order valence-electron chi connectivity index (χ2n) is 4.10. The van der Waals surface area contributed by atoms with E-state index in [-0.39, 0.29) is 6.42 Å². The van der Waals surface area contributed by atoms with Crippen LogP contribution in [0.5, 0.6) is 0 Å². The molecule has 0 fully saturated rings. The van der Waals surface area contributed by atoms with E-state index in [2.05, 4.69) is 0 Å². The predicted octanol–water partition coefficient (Wildman–Crippen LogP) is 3.61. The lowest BCUT2D eigenvalue weighted by atomic mass is 9.99. The van der Waals surface area contributed by atoms with Crippen molar-refractivity contribution in [2.45, 2.75) is 52.6 Å². The Bertz CT molecular complexity index is 224. The number of hydrogen-bond acceptors (Lipinski definition) is 1. The third-order valence-electron chi connectivity index (χ3n) is 2.86. The Kier molecular flexibility index (Phi) is 7.23. The van der Waals surface area contributed by atoms with Crippen LogP contribution in [0.15, 0.2) is 0 Å². The van der Waals surface area contributed by atoms with Gasteiger partial charge in [0.25, 0.3) is 0 Å². The Morgan fingerprint density at radius 2 is 1.65 bits per heavy atom. The molecule has 0 aliphatic rings. The van der Waals surface area contributed by atoms with Crippen LogP contribution in [-0.2, 0) is 4.79 Å². The van der Waals surface area contributed by atoms with Crippen molar-refractivity contribution >= 4 is 5.91 Å². The van der Waals surface area contributed by atoms with Crippen molar-refractivity contribution < 1.29 is 18.0 Å². The summed E-state index contributed by atoms with van der Waals surface area (Å²) < 4.78 is 38.3. The maximum atomic E-state index is 12.8. The number of carbonyl (C=O) groups is 1. The number of alkyl halides is 3. The van der Waals surface area contributed by atoms with Crippen LogP contribution in [-0.4, -0.2) is 30.1 Å². The van der Waals surface area contributed by atoms with E-state index in [4.69, 9.17) is 0 Å². The van der Waals surface area contributed by atoms with Gasteiger partial charge in [0.05, 0.1) is 0 Å². The SMILES string of the molecule is CCCCCC(C(=O)N(CC)CC)C(F)(F)F. The van der Waals surface area contributed by atoms with Gasteiger partial charge in [0, 0.05) is 13.1 Å². The summed E-state index contributed by atoms with van der Waals surface area (Å²) in [5, 5.41) is 0. The van der Waals surface area contributed by atoms with Crippen LogP contribution in [0.2, 0.25) is 0 Å². The molecule has 0 N–H and O–H groups in total. The predicted molar refractivity (Wildman–Crippen MR) is 61.6 cm³/mol. The van der Waals surface area contributed by atoms with Gasteiger partial charge in [0.1, 0.15) is 5.92 Å². The Hall–Kier alpha value is -0.740. The average Bonchev–Trinajstić information content (AvgIpc) is 2.24. The van der Waals surface area contributed by atoms with E-state index in [0.717, 1.165) is 12.8 Å². The number of halogens is 3. The molecule has 2 nitrogen and oxygen atoms in total. The van der Waals surface area contributed by atoms with Gasteiger partial charge in [-0.2, -0.15) is 13.2 Å². The first-order valence-corrected chi connectivity index (χ1v) is 6.23. The van der Waals surface area contributed by atoms with Crippen LogP contribution < -0.4 is 0 Å². The van der Waals surface area contributed by atoms with Crippen molar-refractivity contribution in [1.82, 2.24) is 4.90 Å². The van der Waals surface area contributed by atoms with E-state index < -0.39 is 18.0 Å². The molecule has 0 bridgehead atoms. The molecule has 5 heteroatoms. The zero-order chi connectivity index (χ0) is 13.5. The molecular formula is C12H22F3NO. The van der Waals surface area contributed by atoms with Crippen LogP contribution in [0.1, 0.15) is 46.5 Å². The molecule has 0 spiro atoms. The van der Waals surface area contributed by atoms with Crippen molar-refractivity contribution in [3.8, 4) is 0 Å². The molecule has 1 unspecified atom stereocenters. The maximum Gasteiger partial charge on any atom is 0.400 e. The summed E-state index contributed by atoms with van der Waals surface area (Å²) in [5.74, 6) is -2.60. The summed E-state index contributed by atoms with van der Waals surface area (Å²) in [7, 11) is 0. The zero-order valence-corrected chi connectivity index (χ0v) is 10.8. The fraction of sp³-hybridized carbons (Fsp3) is 0.917. The van der Waals surface area contributed by atoms with E-state index >= 15 is 0 Å². The highest BCUT2D eigenvalue weighted by atomic mass is 19.4. The molecule has 0 aliphatic carbocycles. The van der Waals surface area contributed by atoms with Gasteiger partial charge in [-0.3, -0.25) is 4.79 Å². The number of nitrogens with zero attached hydrogens (tertiary/aromatic N) is 1. The molecule has 1 atom stereocenters. The first-order valence-electron chi connectivity index (χ1n) is 6.23. The summed E-state index contributed by atoms with van der Waals surface area (Å²) in [6.07, 6.45) is -2.48. The van der Waals surface area contributed by atoms with Gasteiger partial charge in [0.15, 0.2) is 0 Å². The topological polar surface area (TPSA) is 20.3 Å². The van der Waals surface area contributed by atoms with Crippen molar-refractivity contribution in [1.29, 1.82) is 0 Å². The van der Waals surface area contributed by atoms with E-state index in [1.165, 1.54) is 4.90 Å². The zero-order valence-electron chi connectivity index (χ0n) is 10.8. The van der Waals surface area contributed by atoms with Gasteiger partial charge in [-0.15, -0.1) is 0 Å². The lowest BCUT2D eigenvalue weighted by Gasteiger charge is -2.26. The number of hydrogen-bond donors (Lipinski definition) is 0. The van der Waals surface area contributed by atoms with Gasteiger partial charge < -0.3 is 4.90 Å². The number of rotatable bonds is 7. The highest BCUT2D eigenvalue weighted by Crippen LogP contribution is 2.32. The van der Waals surface area contributed by atoms with E-state index in [0.29, 0.717) is 19.5 Å². The third-order valence-corrected chi connectivity index (χ3v) is 2.86. The van der Waals surface area contributed by atoms with Crippen LogP contribution in [0.4, 0.5) is 13.2 Å². The van der Waals surface area contributed by atoms with Gasteiger partial charge >= 0.3 is 6.18 Å². The Morgan fingerprint density at radius 3 is 2.00 bits per heavy atom.